The smallest absolute Gasteiger partial charge is 0.306 e. The molecule has 2 aromatic rings. The van der Waals surface area contributed by atoms with E-state index in [0.29, 0.717) is 5.69 Å². The first-order valence-electron chi connectivity index (χ1n) is 9.54. The molecule has 0 aliphatic rings. The van der Waals surface area contributed by atoms with Crippen LogP contribution in [0.15, 0.2) is 42.5 Å². The van der Waals surface area contributed by atoms with Gasteiger partial charge < -0.3 is 15.4 Å². The lowest BCUT2D eigenvalue weighted by atomic mass is 10.0. The van der Waals surface area contributed by atoms with Crippen molar-refractivity contribution in [3.05, 3.63) is 59.4 Å². The number of carbonyl (C=O) groups excluding carboxylic acids is 3. The zero-order chi connectivity index (χ0) is 21.2. The van der Waals surface area contributed by atoms with Crippen LogP contribution in [0.25, 0.3) is 0 Å². The van der Waals surface area contributed by atoms with Gasteiger partial charge in [-0.2, -0.15) is 0 Å². The predicted octanol–water partition coefficient (Wildman–Crippen LogP) is 3.85. The van der Waals surface area contributed by atoms with E-state index in [2.05, 4.69) is 10.6 Å². The van der Waals surface area contributed by atoms with Gasteiger partial charge in [-0.05, 0) is 48.2 Å². The number of halogens is 1. The highest BCUT2D eigenvalue weighted by molar-refractivity contribution is 5.95. The minimum Gasteiger partial charge on any atom is -0.456 e. The number of amides is 2. The van der Waals surface area contributed by atoms with Crippen LogP contribution in [0.1, 0.15) is 37.8 Å². The van der Waals surface area contributed by atoms with Gasteiger partial charge in [-0.15, -0.1) is 0 Å². The van der Waals surface area contributed by atoms with Crippen LogP contribution in [0.2, 0.25) is 0 Å². The number of aryl methyl sites for hydroxylation is 2. The first-order valence-corrected chi connectivity index (χ1v) is 9.54. The highest BCUT2D eigenvalue weighted by Gasteiger charge is 2.13. The lowest BCUT2D eigenvalue weighted by Gasteiger charge is -2.14. The second-order valence-electron chi connectivity index (χ2n) is 6.42. The highest BCUT2D eigenvalue weighted by Crippen LogP contribution is 2.22. The monoisotopic (exact) mass is 400 g/mol. The number of anilines is 2. The molecule has 0 aromatic heterocycles. The molecule has 0 saturated carbocycles. The van der Waals surface area contributed by atoms with Crippen LogP contribution < -0.4 is 10.6 Å². The Kier molecular flexibility index (Phi) is 8.33. The Morgan fingerprint density at radius 1 is 0.862 bits per heavy atom. The summed E-state index contributed by atoms with van der Waals surface area (Å²) in [6.07, 6.45) is 1.28. The second kappa shape index (κ2) is 10.9. The summed E-state index contributed by atoms with van der Waals surface area (Å²) >= 11 is 0. The van der Waals surface area contributed by atoms with E-state index in [1.165, 1.54) is 24.3 Å². The Hall–Kier alpha value is -3.22. The van der Waals surface area contributed by atoms with Gasteiger partial charge in [-0.3, -0.25) is 14.4 Å². The Morgan fingerprint density at radius 2 is 1.48 bits per heavy atom. The van der Waals surface area contributed by atoms with Crippen LogP contribution >= 0.6 is 0 Å². The molecule has 7 heteroatoms. The van der Waals surface area contributed by atoms with E-state index in [0.717, 1.165) is 29.7 Å². The normalized spacial score (nSPS) is 10.3. The van der Waals surface area contributed by atoms with Crippen molar-refractivity contribution < 1.29 is 23.5 Å². The number of para-hydroxylation sites is 1. The molecule has 2 rings (SSSR count). The van der Waals surface area contributed by atoms with Crippen molar-refractivity contribution in [2.75, 3.05) is 17.2 Å². The third-order valence-corrected chi connectivity index (χ3v) is 4.31. The number of nitrogens with one attached hydrogen (secondary N) is 2. The van der Waals surface area contributed by atoms with Crippen molar-refractivity contribution in [3.63, 3.8) is 0 Å². The van der Waals surface area contributed by atoms with E-state index in [-0.39, 0.29) is 12.8 Å². The molecule has 2 amide bonds. The molecule has 0 unspecified atom stereocenters. The molecule has 0 atom stereocenters. The molecule has 29 heavy (non-hydrogen) atoms. The highest BCUT2D eigenvalue weighted by atomic mass is 19.1. The fraction of sp³-hybridized carbons (Fsp3) is 0.318. The molecular weight excluding hydrogens is 375 g/mol. The van der Waals surface area contributed by atoms with Gasteiger partial charge in [-0.25, -0.2) is 4.39 Å². The molecule has 2 aromatic carbocycles. The minimum atomic E-state index is -0.645. The number of hydrogen-bond acceptors (Lipinski definition) is 4. The first kappa shape index (κ1) is 22.1. The third kappa shape index (κ3) is 7.03. The van der Waals surface area contributed by atoms with Crippen molar-refractivity contribution in [2.24, 2.45) is 0 Å². The van der Waals surface area contributed by atoms with Gasteiger partial charge in [0, 0.05) is 17.8 Å². The lowest BCUT2D eigenvalue weighted by Crippen LogP contribution is -2.23. The summed E-state index contributed by atoms with van der Waals surface area (Å²) in [6, 6.07) is 11.1. The van der Waals surface area contributed by atoms with Crippen molar-refractivity contribution in [1.29, 1.82) is 0 Å². The van der Waals surface area contributed by atoms with Gasteiger partial charge in [-0.1, -0.05) is 32.0 Å². The molecule has 154 valence electrons. The summed E-state index contributed by atoms with van der Waals surface area (Å²) in [5.74, 6) is -1.88. The molecule has 0 radical (unpaired) electrons. The zero-order valence-corrected chi connectivity index (χ0v) is 16.6. The van der Waals surface area contributed by atoms with Crippen molar-refractivity contribution in [2.45, 2.75) is 39.5 Å². The third-order valence-electron chi connectivity index (χ3n) is 4.31. The minimum absolute atomic E-state index is 0.101. The fourth-order valence-electron chi connectivity index (χ4n) is 2.77. The fourth-order valence-corrected chi connectivity index (χ4v) is 2.77. The second-order valence-corrected chi connectivity index (χ2v) is 6.42. The molecule has 2 N–H and O–H groups in total. The number of hydrogen-bond donors (Lipinski definition) is 2. The van der Waals surface area contributed by atoms with Gasteiger partial charge >= 0.3 is 5.97 Å². The maximum Gasteiger partial charge on any atom is 0.306 e. The summed E-state index contributed by atoms with van der Waals surface area (Å²) in [6.45, 7) is 3.59. The summed E-state index contributed by atoms with van der Waals surface area (Å²) in [7, 11) is 0. The molecule has 0 fully saturated rings. The van der Waals surface area contributed by atoms with Crippen LogP contribution in [-0.4, -0.2) is 24.4 Å². The van der Waals surface area contributed by atoms with E-state index in [9.17, 15) is 18.8 Å². The number of benzene rings is 2. The van der Waals surface area contributed by atoms with Crippen LogP contribution in [0.5, 0.6) is 0 Å². The van der Waals surface area contributed by atoms with E-state index in [1.54, 1.807) is 0 Å². The maximum absolute atomic E-state index is 12.8. The van der Waals surface area contributed by atoms with Crippen molar-refractivity contribution in [3.8, 4) is 0 Å². The summed E-state index contributed by atoms with van der Waals surface area (Å²) < 4.78 is 17.8. The molecule has 0 bridgehead atoms. The van der Waals surface area contributed by atoms with E-state index >= 15 is 0 Å². The van der Waals surface area contributed by atoms with Gasteiger partial charge in [0.1, 0.15) is 5.82 Å². The summed E-state index contributed by atoms with van der Waals surface area (Å²) in [5.41, 5.74) is 3.23. The summed E-state index contributed by atoms with van der Waals surface area (Å²) in [5, 5.41) is 5.37. The number of ether oxygens (including phenoxy) is 1. The first-order chi connectivity index (χ1) is 13.9. The van der Waals surface area contributed by atoms with Gasteiger partial charge in [0.25, 0.3) is 5.91 Å². The Balaban J connectivity index is 1.77. The van der Waals surface area contributed by atoms with Crippen LogP contribution in [-0.2, 0) is 32.0 Å². The van der Waals surface area contributed by atoms with Crippen LogP contribution in [0.3, 0.4) is 0 Å². The van der Waals surface area contributed by atoms with Gasteiger partial charge in [0.15, 0.2) is 6.61 Å². The van der Waals surface area contributed by atoms with E-state index in [1.807, 2.05) is 32.0 Å². The molecule has 0 aliphatic carbocycles. The van der Waals surface area contributed by atoms with E-state index < -0.39 is 30.2 Å². The van der Waals surface area contributed by atoms with Crippen LogP contribution in [0, 0.1) is 5.82 Å². The predicted molar refractivity (Wildman–Crippen MR) is 109 cm³/mol. The quantitative estimate of drug-likeness (QED) is 0.626. The molecular formula is C22H25FN2O4. The van der Waals surface area contributed by atoms with Gasteiger partial charge in [0.2, 0.25) is 5.91 Å². The van der Waals surface area contributed by atoms with Gasteiger partial charge in [0.05, 0.1) is 6.42 Å². The van der Waals surface area contributed by atoms with Crippen molar-refractivity contribution in [1.82, 2.24) is 0 Å². The Labute approximate surface area is 169 Å². The summed E-state index contributed by atoms with van der Waals surface area (Å²) in [4.78, 5) is 35.8. The number of esters is 1. The zero-order valence-electron chi connectivity index (χ0n) is 16.6. The molecule has 6 nitrogen and oxygen atoms in total. The van der Waals surface area contributed by atoms with Crippen molar-refractivity contribution >= 4 is 29.2 Å². The lowest BCUT2D eigenvalue weighted by molar-refractivity contribution is -0.147. The molecule has 0 heterocycles. The standard InChI is InChI=1S/C22H25FN2O4/c1-3-15-6-5-7-16(4-2)22(15)25-20(27)14-29-21(28)13-12-19(26)24-18-10-8-17(23)9-11-18/h5-11H,3-4,12-14H2,1-2H3,(H,24,26)(H,25,27). The Morgan fingerprint density at radius 3 is 2.07 bits per heavy atom. The Bertz CT molecular complexity index is 843. The van der Waals surface area contributed by atoms with Crippen LogP contribution in [0.4, 0.5) is 15.8 Å². The van der Waals surface area contributed by atoms with E-state index in [4.69, 9.17) is 4.74 Å². The molecule has 0 saturated heterocycles. The largest absolute Gasteiger partial charge is 0.456 e. The average Bonchev–Trinajstić information content (AvgIpc) is 2.72. The topological polar surface area (TPSA) is 84.5 Å². The SMILES string of the molecule is CCc1cccc(CC)c1NC(=O)COC(=O)CCC(=O)Nc1ccc(F)cc1. The molecule has 0 aliphatic heterocycles. The average molecular weight is 400 g/mol. The maximum atomic E-state index is 12.8. The number of carbonyl (C=O) groups is 3. The molecule has 0 spiro atoms. The number of rotatable bonds is 9.